The number of rotatable bonds is 4. The van der Waals surface area contributed by atoms with Gasteiger partial charge < -0.3 is 14.6 Å². The number of anilines is 1. The molecule has 0 saturated carbocycles. The fourth-order valence-electron chi connectivity index (χ4n) is 3.65. The number of aryl methyl sites for hydroxylation is 2. The molecule has 1 aromatic heterocycles. The van der Waals surface area contributed by atoms with Crippen LogP contribution in [-0.4, -0.2) is 25.0 Å². The Morgan fingerprint density at radius 2 is 1.89 bits per heavy atom. The summed E-state index contributed by atoms with van der Waals surface area (Å²) >= 11 is 0. The van der Waals surface area contributed by atoms with Gasteiger partial charge in [0.1, 0.15) is 11.5 Å². The van der Waals surface area contributed by atoms with E-state index in [1.165, 1.54) is 11.3 Å². The van der Waals surface area contributed by atoms with Gasteiger partial charge in [-0.25, -0.2) is 0 Å². The number of carbonyl (C=O) groups excluding carboxylic acids is 1. The third-order valence-corrected chi connectivity index (χ3v) is 5.11. The van der Waals surface area contributed by atoms with Crippen molar-refractivity contribution in [3.8, 4) is 11.3 Å². The van der Waals surface area contributed by atoms with Crippen LogP contribution in [0.3, 0.4) is 0 Å². The maximum absolute atomic E-state index is 12.8. The normalized spacial score (nSPS) is 16.5. The van der Waals surface area contributed by atoms with Gasteiger partial charge in [-0.3, -0.25) is 4.79 Å². The molecule has 4 heteroatoms. The third kappa shape index (κ3) is 3.75. The molecule has 0 aliphatic carbocycles. The van der Waals surface area contributed by atoms with E-state index in [2.05, 4.69) is 41.4 Å². The maximum atomic E-state index is 12.8. The molecule has 0 spiro atoms. The molecule has 3 aromatic rings. The molecule has 1 amide bonds. The fraction of sp³-hybridized carbons (Fsp3) is 0.261. The Morgan fingerprint density at radius 1 is 1.07 bits per heavy atom. The number of amides is 1. The largest absolute Gasteiger partial charge is 0.461 e. The minimum Gasteiger partial charge on any atom is -0.461 e. The van der Waals surface area contributed by atoms with Gasteiger partial charge in [0, 0.05) is 30.4 Å². The average Bonchev–Trinajstić information content (AvgIpc) is 3.29. The highest BCUT2D eigenvalue weighted by molar-refractivity contribution is 5.96. The van der Waals surface area contributed by atoms with Crippen molar-refractivity contribution in [3.05, 3.63) is 77.6 Å². The number of benzene rings is 2. The summed E-state index contributed by atoms with van der Waals surface area (Å²) in [4.78, 5) is 15.1. The molecule has 4 nitrogen and oxygen atoms in total. The van der Waals surface area contributed by atoms with Crippen molar-refractivity contribution < 1.29 is 9.21 Å². The average molecular weight is 360 g/mol. The lowest BCUT2D eigenvalue weighted by Crippen LogP contribution is -2.37. The number of hydrogen-bond donors (Lipinski definition) is 1. The van der Waals surface area contributed by atoms with E-state index in [1.54, 1.807) is 0 Å². The minimum absolute atomic E-state index is 0.0606. The van der Waals surface area contributed by atoms with E-state index in [9.17, 15) is 4.79 Å². The van der Waals surface area contributed by atoms with Crippen molar-refractivity contribution in [2.24, 2.45) is 0 Å². The fourth-order valence-corrected chi connectivity index (χ4v) is 3.65. The van der Waals surface area contributed by atoms with Gasteiger partial charge in [-0.2, -0.15) is 0 Å². The van der Waals surface area contributed by atoms with Gasteiger partial charge >= 0.3 is 0 Å². The quantitative estimate of drug-likeness (QED) is 0.741. The lowest BCUT2D eigenvalue weighted by molar-refractivity contribution is 0.0939. The highest BCUT2D eigenvalue weighted by Gasteiger charge is 2.26. The smallest absolute Gasteiger partial charge is 0.255 e. The number of carbonyl (C=O) groups is 1. The molecule has 0 radical (unpaired) electrons. The molecule has 1 aliphatic heterocycles. The van der Waals surface area contributed by atoms with Crippen LogP contribution in [-0.2, 0) is 0 Å². The Hall–Kier alpha value is -3.01. The van der Waals surface area contributed by atoms with E-state index in [-0.39, 0.29) is 11.9 Å². The van der Waals surface area contributed by atoms with Crippen LogP contribution in [0, 0.1) is 13.8 Å². The summed E-state index contributed by atoms with van der Waals surface area (Å²) in [6, 6.07) is 20.3. The van der Waals surface area contributed by atoms with Crippen LogP contribution in [0.15, 0.2) is 65.1 Å². The van der Waals surface area contributed by atoms with Crippen molar-refractivity contribution in [1.82, 2.24) is 5.32 Å². The Labute approximate surface area is 159 Å². The van der Waals surface area contributed by atoms with Crippen molar-refractivity contribution >= 4 is 11.6 Å². The highest BCUT2D eigenvalue weighted by atomic mass is 16.3. The lowest BCUT2D eigenvalue weighted by Gasteiger charge is -2.19. The summed E-state index contributed by atoms with van der Waals surface area (Å²) in [5.41, 5.74) is 4.06. The van der Waals surface area contributed by atoms with E-state index in [0.717, 1.165) is 30.8 Å². The molecular weight excluding hydrogens is 336 g/mol. The van der Waals surface area contributed by atoms with Crippen molar-refractivity contribution in [3.63, 3.8) is 0 Å². The summed E-state index contributed by atoms with van der Waals surface area (Å²) in [6.45, 7) is 5.73. The molecule has 4 rings (SSSR count). The van der Waals surface area contributed by atoms with E-state index in [0.29, 0.717) is 11.3 Å². The van der Waals surface area contributed by atoms with Crippen LogP contribution >= 0.6 is 0 Å². The molecule has 27 heavy (non-hydrogen) atoms. The van der Waals surface area contributed by atoms with Gasteiger partial charge in [0.15, 0.2) is 0 Å². The number of furan rings is 1. The SMILES string of the molecule is Cc1cccc(N2CCC(NC(=O)c3cc(-c4ccccc4)oc3C)C2)c1. The summed E-state index contributed by atoms with van der Waals surface area (Å²) in [5, 5.41) is 3.17. The Balaban J connectivity index is 1.43. The molecule has 1 N–H and O–H groups in total. The first-order valence-electron chi connectivity index (χ1n) is 9.38. The third-order valence-electron chi connectivity index (χ3n) is 5.11. The van der Waals surface area contributed by atoms with Crippen LogP contribution in [0.2, 0.25) is 0 Å². The second kappa shape index (κ2) is 7.31. The lowest BCUT2D eigenvalue weighted by atomic mass is 10.1. The number of nitrogens with one attached hydrogen (secondary N) is 1. The zero-order valence-corrected chi connectivity index (χ0v) is 15.7. The van der Waals surface area contributed by atoms with Crippen LogP contribution in [0.1, 0.15) is 28.1 Å². The van der Waals surface area contributed by atoms with Gasteiger partial charge in [0.2, 0.25) is 0 Å². The molecule has 0 bridgehead atoms. The second-order valence-electron chi connectivity index (χ2n) is 7.19. The van der Waals surface area contributed by atoms with E-state index in [4.69, 9.17) is 4.42 Å². The van der Waals surface area contributed by atoms with E-state index >= 15 is 0 Å². The van der Waals surface area contributed by atoms with E-state index in [1.807, 2.05) is 43.3 Å². The van der Waals surface area contributed by atoms with Crippen LogP contribution < -0.4 is 10.2 Å². The van der Waals surface area contributed by atoms with Gasteiger partial charge in [-0.05, 0) is 44.0 Å². The summed E-state index contributed by atoms with van der Waals surface area (Å²) in [5.74, 6) is 1.32. The van der Waals surface area contributed by atoms with Gasteiger partial charge in [-0.15, -0.1) is 0 Å². The Bertz CT molecular complexity index is 946. The molecule has 1 saturated heterocycles. The zero-order chi connectivity index (χ0) is 18.8. The summed E-state index contributed by atoms with van der Waals surface area (Å²) in [6.07, 6.45) is 0.947. The summed E-state index contributed by atoms with van der Waals surface area (Å²) in [7, 11) is 0. The number of hydrogen-bond acceptors (Lipinski definition) is 3. The topological polar surface area (TPSA) is 45.5 Å². The molecular formula is C23H24N2O2. The Kier molecular flexibility index (Phi) is 4.71. The minimum atomic E-state index is -0.0606. The van der Waals surface area contributed by atoms with Crippen molar-refractivity contribution in [2.45, 2.75) is 26.3 Å². The monoisotopic (exact) mass is 360 g/mol. The molecule has 1 atom stereocenters. The maximum Gasteiger partial charge on any atom is 0.255 e. The van der Waals surface area contributed by atoms with Gasteiger partial charge in [0.25, 0.3) is 5.91 Å². The molecule has 1 unspecified atom stereocenters. The first-order chi connectivity index (χ1) is 13.1. The molecule has 1 aliphatic rings. The standard InChI is InChI=1S/C23H24N2O2/c1-16-7-6-10-20(13-16)25-12-11-19(15-25)24-23(26)21-14-22(27-17(21)2)18-8-4-3-5-9-18/h3-10,13-14,19H,11-12,15H2,1-2H3,(H,24,26). The predicted octanol–water partition coefficient (Wildman–Crippen LogP) is 4.57. The Morgan fingerprint density at radius 3 is 2.67 bits per heavy atom. The molecule has 2 aromatic carbocycles. The molecule has 138 valence electrons. The van der Waals surface area contributed by atoms with Crippen LogP contribution in [0.4, 0.5) is 5.69 Å². The van der Waals surface area contributed by atoms with Gasteiger partial charge in [0.05, 0.1) is 5.56 Å². The predicted molar refractivity (Wildman–Crippen MR) is 108 cm³/mol. The summed E-state index contributed by atoms with van der Waals surface area (Å²) < 4.78 is 5.82. The highest BCUT2D eigenvalue weighted by Crippen LogP contribution is 2.26. The molecule has 1 fully saturated rings. The van der Waals surface area contributed by atoms with Crippen molar-refractivity contribution in [2.75, 3.05) is 18.0 Å². The van der Waals surface area contributed by atoms with Crippen LogP contribution in [0.5, 0.6) is 0 Å². The first-order valence-corrected chi connectivity index (χ1v) is 9.38. The van der Waals surface area contributed by atoms with Crippen LogP contribution in [0.25, 0.3) is 11.3 Å². The second-order valence-corrected chi connectivity index (χ2v) is 7.19. The number of nitrogens with zero attached hydrogens (tertiary/aromatic N) is 1. The van der Waals surface area contributed by atoms with E-state index < -0.39 is 0 Å². The zero-order valence-electron chi connectivity index (χ0n) is 15.7. The van der Waals surface area contributed by atoms with Crippen molar-refractivity contribution in [1.29, 1.82) is 0 Å². The van der Waals surface area contributed by atoms with Gasteiger partial charge in [-0.1, -0.05) is 42.5 Å². The first kappa shape index (κ1) is 17.4. The molecule has 2 heterocycles.